The smallest absolute Gasteiger partial charge is 0.345 e. The molecule has 2 heterocycles. The molecule has 2 N–H and O–H groups in total. The van der Waals surface area contributed by atoms with Gasteiger partial charge in [-0.2, -0.15) is 0 Å². The molecule has 0 aliphatic rings. The number of hydrogen-bond acceptors (Lipinski definition) is 6. The fourth-order valence-electron chi connectivity index (χ4n) is 1.67. The van der Waals surface area contributed by atoms with Gasteiger partial charge in [0.05, 0.1) is 9.83 Å². The van der Waals surface area contributed by atoms with E-state index in [2.05, 4.69) is 30.8 Å². The van der Waals surface area contributed by atoms with Gasteiger partial charge in [-0.3, -0.25) is 0 Å². The fourth-order valence-corrected chi connectivity index (χ4v) is 5.28. The quantitative estimate of drug-likeness (QED) is 0.791. The average molecular weight is 395 g/mol. The maximum absolute atomic E-state index is 12.3. The molecule has 21 heavy (non-hydrogen) atoms. The second kappa shape index (κ2) is 5.83. The van der Waals surface area contributed by atoms with Crippen molar-refractivity contribution in [1.29, 1.82) is 0 Å². The Labute approximate surface area is 133 Å². The van der Waals surface area contributed by atoms with Gasteiger partial charge in [0.25, 0.3) is 0 Å². The van der Waals surface area contributed by atoms with E-state index in [4.69, 9.17) is 5.11 Å². The van der Waals surface area contributed by atoms with Crippen LogP contribution in [-0.4, -0.2) is 34.3 Å². The maximum atomic E-state index is 12.3. The van der Waals surface area contributed by atoms with E-state index in [0.29, 0.717) is 5.82 Å². The molecule has 11 heteroatoms. The Morgan fingerprint density at radius 2 is 2.24 bits per heavy atom. The van der Waals surface area contributed by atoms with Crippen molar-refractivity contribution in [2.45, 2.75) is 17.9 Å². The van der Waals surface area contributed by atoms with Crippen LogP contribution >= 0.6 is 27.3 Å². The Balaban J connectivity index is 2.31. The van der Waals surface area contributed by atoms with Crippen LogP contribution < -0.4 is 4.72 Å². The molecule has 2 rings (SSSR count). The van der Waals surface area contributed by atoms with Crippen LogP contribution in [0.5, 0.6) is 0 Å². The molecule has 2 aromatic heterocycles. The summed E-state index contributed by atoms with van der Waals surface area (Å²) in [6.45, 7) is 1.62. The van der Waals surface area contributed by atoms with Crippen LogP contribution in [0.3, 0.4) is 0 Å². The number of nitrogens with zero attached hydrogens (tertiary/aromatic N) is 3. The predicted molar refractivity (Wildman–Crippen MR) is 78.7 cm³/mol. The van der Waals surface area contributed by atoms with Crippen molar-refractivity contribution in [1.82, 2.24) is 19.5 Å². The molecule has 0 saturated heterocycles. The minimum absolute atomic E-state index is 0.0615. The van der Waals surface area contributed by atoms with E-state index in [1.165, 1.54) is 6.33 Å². The van der Waals surface area contributed by atoms with Gasteiger partial charge in [0.15, 0.2) is 0 Å². The monoisotopic (exact) mass is 394 g/mol. The standard InChI is InChI=1S/C10H11BrN4O4S2/c1-5(9-13-12-4-15(9)2)14-21(18,19)7-3-6(10(16)17)20-8(7)11/h3-5,14H,1-2H3,(H,16,17). The third-order valence-corrected chi connectivity index (χ3v) is 6.40. The number of carboxylic acids is 1. The van der Waals surface area contributed by atoms with E-state index >= 15 is 0 Å². The molecular formula is C10H11BrN4O4S2. The molecule has 114 valence electrons. The number of nitrogens with one attached hydrogen (secondary N) is 1. The van der Waals surface area contributed by atoms with Crippen molar-refractivity contribution in [2.75, 3.05) is 0 Å². The van der Waals surface area contributed by atoms with Gasteiger partial charge in [-0.25, -0.2) is 17.9 Å². The van der Waals surface area contributed by atoms with E-state index in [9.17, 15) is 13.2 Å². The van der Waals surface area contributed by atoms with Gasteiger partial charge < -0.3 is 9.67 Å². The highest BCUT2D eigenvalue weighted by Gasteiger charge is 2.26. The first kappa shape index (κ1) is 16.1. The molecule has 0 aromatic carbocycles. The highest BCUT2D eigenvalue weighted by atomic mass is 79.9. The lowest BCUT2D eigenvalue weighted by Crippen LogP contribution is -2.28. The number of carbonyl (C=O) groups is 1. The van der Waals surface area contributed by atoms with Crippen molar-refractivity contribution >= 4 is 43.3 Å². The van der Waals surface area contributed by atoms with Gasteiger partial charge in [-0.15, -0.1) is 21.5 Å². The summed E-state index contributed by atoms with van der Waals surface area (Å²) in [7, 11) is -2.18. The number of halogens is 1. The number of carboxylic acid groups (broad SMARTS) is 1. The number of aromatic nitrogens is 3. The predicted octanol–water partition coefficient (Wildman–Crippen LogP) is 1.38. The Hall–Kier alpha value is -1.30. The molecule has 0 amide bonds. The molecule has 2 aromatic rings. The van der Waals surface area contributed by atoms with Gasteiger partial charge >= 0.3 is 5.97 Å². The van der Waals surface area contributed by atoms with E-state index in [-0.39, 0.29) is 13.6 Å². The van der Waals surface area contributed by atoms with Crippen molar-refractivity contribution in [3.63, 3.8) is 0 Å². The summed E-state index contributed by atoms with van der Waals surface area (Å²) in [5.41, 5.74) is 0. The van der Waals surface area contributed by atoms with Gasteiger partial charge in [0.2, 0.25) is 10.0 Å². The van der Waals surface area contributed by atoms with Crippen LogP contribution in [0.1, 0.15) is 28.5 Å². The van der Waals surface area contributed by atoms with Crippen LogP contribution in [-0.2, 0) is 17.1 Å². The van der Waals surface area contributed by atoms with Gasteiger partial charge in [-0.05, 0) is 28.9 Å². The molecule has 0 bridgehead atoms. The lowest BCUT2D eigenvalue weighted by molar-refractivity contribution is 0.0702. The Kier molecular flexibility index (Phi) is 4.46. The van der Waals surface area contributed by atoms with Crippen LogP contribution in [0.15, 0.2) is 21.1 Å². The number of rotatable bonds is 5. The average Bonchev–Trinajstić information content (AvgIpc) is 2.94. The van der Waals surface area contributed by atoms with Crippen LogP contribution in [0, 0.1) is 0 Å². The van der Waals surface area contributed by atoms with Gasteiger partial charge in [-0.1, -0.05) is 0 Å². The normalized spacial score (nSPS) is 13.3. The van der Waals surface area contributed by atoms with Crippen LogP contribution in [0.4, 0.5) is 0 Å². The molecule has 1 unspecified atom stereocenters. The maximum Gasteiger partial charge on any atom is 0.345 e. The van der Waals surface area contributed by atoms with E-state index in [1.54, 1.807) is 18.5 Å². The Morgan fingerprint density at radius 1 is 1.57 bits per heavy atom. The Morgan fingerprint density at radius 3 is 2.71 bits per heavy atom. The number of hydrogen-bond donors (Lipinski definition) is 2. The molecular weight excluding hydrogens is 384 g/mol. The van der Waals surface area contributed by atoms with Crippen molar-refractivity contribution in [3.05, 3.63) is 26.9 Å². The van der Waals surface area contributed by atoms with Gasteiger partial charge in [0, 0.05) is 7.05 Å². The first-order valence-corrected chi connectivity index (χ1v) is 8.70. The van der Waals surface area contributed by atoms with E-state index in [0.717, 1.165) is 17.4 Å². The SMILES string of the molecule is CC(NS(=O)(=O)c1cc(C(=O)O)sc1Br)c1nncn1C. The van der Waals surface area contributed by atoms with Crippen molar-refractivity contribution < 1.29 is 18.3 Å². The summed E-state index contributed by atoms with van der Waals surface area (Å²) in [5, 5.41) is 16.4. The summed E-state index contributed by atoms with van der Waals surface area (Å²) in [4.78, 5) is 10.7. The van der Waals surface area contributed by atoms with Gasteiger partial charge in [0.1, 0.15) is 21.9 Å². The number of thiophene rings is 1. The summed E-state index contributed by atoms with van der Waals surface area (Å²) in [6.07, 6.45) is 1.46. The molecule has 0 aliphatic carbocycles. The number of aromatic carboxylic acids is 1. The highest BCUT2D eigenvalue weighted by molar-refractivity contribution is 9.11. The summed E-state index contributed by atoms with van der Waals surface area (Å²) in [5.74, 6) is -0.730. The number of sulfonamides is 1. The minimum Gasteiger partial charge on any atom is -0.477 e. The second-order valence-corrected chi connectivity index (χ2v) is 8.25. The Bertz CT molecular complexity index is 783. The zero-order valence-electron chi connectivity index (χ0n) is 10.9. The van der Waals surface area contributed by atoms with E-state index in [1.807, 2.05) is 0 Å². The summed E-state index contributed by atoms with van der Waals surface area (Å²) >= 11 is 3.92. The highest BCUT2D eigenvalue weighted by Crippen LogP contribution is 2.32. The topological polar surface area (TPSA) is 114 Å². The largest absolute Gasteiger partial charge is 0.477 e. The van der Waals surface area contributed by atoms with Crippen LogP contribution in [0.2, 0.25) is 0 Å². The third kappa shape index (κ3) is 3.31. The zero-order valence-corrected chi connectivity index (χ0v) is 14.2. The van der Waals surface area contributed by atoms with Crippen molar-refractivity contribution in [2.24, 2.45) is 7.05 Å². The molecule has 8 nitrogen and oxygen atoms in total. The minimum atomic E-state index is -3.88. The van der Waals surface area contributed by atoms with Crippen molar-refractivity contribution in [3.8, 4) is 0 Å². The second-order valence-electron chi connectivity index (χ2n) is 4.20. The summed E-state index contributed by atoms with van der Waals surface area (Å²) < 4.78 is 28.9. The fraction of sp³-hybridized carbons (Fsp3) is 0.300. The first-order valence-electron chi connectivity index (χ1n) is 5.61. The molecule has 0 radical (unpaired) electrons. The summed E-state index contributed by atoms with van der Waals surface area (Å²) in [6, 6.07) is 0.505. The van der Waals surface area contributed by atoms with Crippen LogP contribution in [0.25, 0.3) is 0 Å². The molecule has 0 fully saturated rings. The molecule has 0 saturated carbocycles. The molecule has 0 aliphatic heterocycles. The lowest BCUT2D eigenvalue weighted by Gasteiger charge is -2.12. The first-order chi connectivity index (χ1) is 9.72. The number of aryl methyl sites for hydroxylation is 1. The van der Waals surface area contributed by atoms with E-state index < -0.39 is 22.0 Å². The third-order valence-electron chi connectivity index (χ3n) is 2.62. The molecule has 0 spiro atoms. The zero-order chi connectivity index (χ0) is 15.8. The molecule has 1 atom stereocenters. The lowest BCUT2D eigenvalue weighted by atomic mass is 10.3.